The third-order valence-corrected chi connectivity index (χ3v) is 1.75. The Bertz CT molecular complexity index is 421. The number of hydrogen-bond acceptors (Lipinski definition) is 5. The van der Waals surface area contributed by atoms with E-state index in [4.69, 9.17) is 16.7 Å². The van der Waals surface area contributed by atoms with Gasteiger partial charge in [-0.2, -0.15) is 5.26 Å². The molecule has 1 rings (SSSR count). The van der Waals surface area contributed by atoms with Crippen molar-refractivity contribution in [2.45, 2.75) is 0 Å². The number of nitrogen functional groups attached to an aromatic ring is 2. The van der Waals surface area contributed by atoms with E-state index in [1.165, 1.54) is 19.2 Å². The summed E-state index contributed by atoms with van der Waals surface area (Å²) < 4.78 is 4.49. The monoisotopic (exact) mass is 191 g/mol. The summed E-state index contributed by atoms with van der Waals surface area (Å²) in [5.41, 5.74) is 11.8. The van der Waals surface area contributed by atoms with E-state index in [2.05, 4.69) is 4.74 Å². The molecule has 0 atom stereocenters. The van der Waals surface area contributed by atoms with Gasteiger partial charge in [0.2, 0.25) is 0 Å². The Balaban J connectivity index is 3.36. The fourth-order valence-corrected chi connectivity index (χ4v) is 1.00. The summed E-state index contributed by atoms with van der Waals surface area (Å²) in [7, 11) is 1.23. The SMILES string of the molecule is COC(=O)c1cc(N)c(N)cc1C#N. The lowest BCUT2D eigenvalue weighted by Crippen LogP contribution is -2.07. The molecule has 1 aromatic rings. The molecule has 0 heterocycles. The van der Waals surface area contributed by atoms with Crippen molar-refractivity contribution in [1.29, 1.82) is 5.26 Å². The summed E-state index contributed by atoms with van der Waals surface area (Å²) in [6.07, 6.45) is 0. The first kappa shape index (κ1) is 9.86. The molecule has 0 fully saturated rings. The third kappa shape index (κ3) is 1.59. The van der Waals surface area contributed by atoms with Crippen LogP contribution in [0, 0.1) is 11.3 Å². The number of methoxy groups -OCH3 is 1. The number of anilines is 2. The van der Waals surface area contributed by atoms with Crippen molar-refractivity contribution in [3.05, 3.63) is 23.3 Å². The van der Waals surface area contributed by atoms with E-state index in [1.807, 2.05) is 6.07 Å². The van der Waals surface area contributed by atoms with E-state index >= 15 is 0 Å². The molecule has 14 heavy (non-hydrogen) atoms. The molecular formula is C9H9N3O2. The van der Waals surface area contributed by atoms with Crippen LogP contribution in [0.4, 0.5) is 11.4 Å². The van der Waals surface area contributed by atoms with Crippen molar-refractivity contribution in [1.82, 2.24) is 0 Å². The van der Waals surface area contributed by atoms with Crippen LogP contribution in [0.3, 0.4) is 0 Å². The van der Waals surface area contributed by atoms with Crippen molar-refractivity contribution in [2.24, 2.45) is 0 Å². The van der Waals surface area contributed by atoms with Crippen molar-refractivity contribution >= 4 is 17.3 Å². The first-order chi connectivity index (χ1) is 6.60. The lowest BCUT2D eigenvalue weighted by molar-refractivity contribution is 0.0600. The smallest absolute Gasteiger partial charge is 0.339 e. The minimum absolute atomic E-state index is 0.127. The van der Waals surface area contributed by atoms with E-state index in [1.54, 1.807) is 0 Å². The van der Waals surface area contributed by atoms with Crippen LogP contribution in [0.5, 0.6) is 0 Å². The van der Waals surface area contributed by atoms with Gasteiger partial charge in [-0.1, -0.05) is 0 Å². The highest BCUT2D eigenvalue weighted by molar-refractivity contribution is 5.94. The maximum absolute atomic E-state index is 11.2. The van der Waals surface area contributed by atoms with Gasteiger partial charge in [0.1, 0.15) is 6.07 Å². The van der Waals surface area contributed by atoms with Crippen molar-refractivity contribution in [3.63, 3.8) is 0 Å². The molecule has 0 saturated heterocycles. The lowest BCUT2D eigenvalue weighted by atomic mass is 10.1. The topological polar surface area (TPSA) is 102 Å². The van der Waals surface area contributed by atoms with E-state index in [-0.39, 0.29) is 22.5 Å². The quantitative estimate of drug-likeness (QED) is 0.497. The van der Waals surface area contributed by atoms with Gasteiger partial charge in [-0.25, -0.2) is 4.79 Å². The van der Waals surface area contributed by atoms with Gasteiger partial charge in [-0.05, 0) is 12.1 Å². The Morgan fingerprint density at radius 2 is 2.00 bits per heavy atom. The van der Waals surface area contributed by atoms with E-state index in [9.17, 15) is 4.79 Å². The van der Waals surface area contributed by atoms with Crippen LogP contribution >= 0.6 is 0 Å². The van der Waals surface area contributed by atoms with Gasteiger partial charge in [-0.3, -0.25) is 0 Å². The summed E-state index contributed by atoms with van der Waals surface area (Å²) in [6.45, 7) is 0. The zero-order valence-electron chi connectivity index (χ0n) is 7.57. The normalized spacial score (nSPS) is 9.14. The molecule has 72 valence electrons. The molecule has 0 spiro atoms. The number of hydrogen-bond donors (Lipinski definition) is 2. The molecule has 4 N–H and O–H groups in total. The van der Waals surface area contributed by atoms with Crippen LogP contribution in [-0.4, -0.2) is 13.1 Å². The number of nitriles is 1. The van der Waals surface area contributed by atoms with Gasteiger partial charge in [0, 0.05) is 0 Å². The average molecular weight is 191 g/mol. The lowest BCUT2D eigenvalue weighted by Gasteiger charge is -2.05. The molecule has 0 radical (unpaired) electrons. The zero-order chi connectivity index (χ0) is 10.7. The second-order valence-corrected chi connectivity index (χ2v) is 2.63. The van der Waals surface area contributed by atoms with Crippen molar-refractivity contribution in [2.75, 3.05) is 18.6 Å². The van der Waals surface area contributed by atoms with Crippen LogP contribution < -0.4 is 11.5 Å². The number of nitrogens with two attached hydrogens (primary N) is 2. The molecule has 0 amide bonds. The number of nitrogens with zero attached hydrogens (tertiary/aromatic N) is 1. The van der Waals surface area contributed by atoms with Gasteiger partial charge in [0.25, 0.3) is 0 Å². The summed E-state index contributed by atoms with van der Waals surface area (Å²) >= 11 is 0. The molecule has 0 aliphatic heterocycles. The van der Waals surface area contributed by atoms with Crippen LogP contribution in [0.25, 0.3) is 0 Å². The summed E-state index contributed by atoms with van der Waals surface area (Å²) in [6, 6.07) is 4.52. The molecule has 1 aromatic carbocycles. The molecule has 5 nitrogen and oxygen atoms in total. The maximum atomic E-state index is 11.2. The van der Waals surface area contributed by atoms with Gasteiger partial charge in [-0.15, -0.1) is 0 Å². The Kier molecular flexibility index (Phi) is 2.58. The van der Waals surface area contributed by atoms with Gasteiger partial charge in [0.15, 0.2) is 0 Å². The van der Waals surface area contributed by atoms with Gasteiger partial charge in [0.05, 0.1) is 29.6 Å². The number of carbonyl (C=O) groups is 1. The number of ether oxygens (including phenoxy) is 1. The minimum atomic E-state index is -0.603. The molecule has 5 heteroatoms. The summed E-state index contributed by atoms with van der Waals surface area (Å²) in [4.78, 5) is 11.2. The molecule has 0 aliphatic rings. The summed E-state index contributed by atoms with van der Waals surface area (Å²) in [5, 5.41) is 8.72. The minimum Gasteiger partial charge on any atom is -0.465 e. The largest absolute Gasteiger partial charge is 0.465 e. The first-order valence-corrected chi connectivity index (χ1v) is 3.77. The van der Waals surface area contributed by atoms with Crippen molar-refractivity contribution in [3.8, 4) is 6.07 Å². The Morgan fingerprint density at radius 1 is 1.43 bits per heavy atom. The summed E-state index contributed by atoms with van der Waals surface area (Å²) in [5.74, 6) is -0.603. The predicted molar refractivity (Wildman–Crippen MR) is 51.3 cm³/mol. The molecule has 0 unspecified atom stereocenters. The highest BCUT2D eigenvalue weighted by atomic mass is 16.5. The van der Waals surface area contributed by atoms with Crippen molar-refractivity contribution < 1.29 is 9.53 Å². The number of rotatable bonds is 1. The Hall–Kier alpha value is -2.22. The predicted octanol–water partition coefficient (Wildman–Crippen LogP) is 0.509. The molecule has 0 aliphatic carbocycles. The molecule has 0 saturated carbocycles. The highest BCUT2D eigenvalue weighted by Crippen LogP contribution is 2.21. The average Bonchev–Trinajstić information content (AvgIpc) is 2.20. The van der Waals surface area contributed by atoms with Gasteiger partial charge >= 0.3 is 5.97 Å². The van der Waals surface area contributed by atoms with Gasteiger partial charge < -0.3 is 16.2 Å². The number of carbonyl (C=O) groups excluding carboxylic acids is 1. The third-order valence-electron chi connectivity index (χ3n) is 1.75. The highest BCUT2D eigenvalue weighted by Gasteiger charge is 2.13. The second-order valence-electron chi connectivity index (χ2n) is 2.63. The standard InChI is InChI=1S/C9H9N3O2/c1-14-9(13)6-3-8(12)7(11)2-5(6)4-10/h2-3H,11-12H2,1H3. The molecular weight excluding hydrogens is 182 g/mol. The first-order valence-electron chi connectivity index (χ1n) is 3.77. The fourth-order valence-electron chi connectivity index (χ4n) is 1.00. The maximum Gasteiger partial charge on any atom is 0.339 e. The van der Waals surface area contributed by atoms with Crippen LogP contribution in [0.2, 0.25) is 0 Å². The van der Waals surface area contributed by atoms with Crippen LogP contribution in [0.15, 0.2) is 12.1 Å². The fraction of sp³-hybridized carbons (Fsp3) is 0.111. The van der Waals surface area contributed by atoms with E-state index in [0.29, 0.717) is 0 Å². The van der Waals surface area contributed by atoms with E-state index < -0.39 is 5.97 Å². The number of esters is 1. The Morgan fingerprint density at radius 3 is 2.50 bits per heavy atom. The zero-order valence-corrected chi connectivity index (χ0v) is 7.57. The molecule has 0 aromatic heterocycles. The van der Waals surface area contributed by atoms with Crippen LogP contribution in [-0.2, 0) is 4.74 Å². The second kappa shape index (κ2) is 3.66. The molecule has 0 bridgehead atoms. The van der Waals surface area contributed by atoms with Crippen LogP contribution in [0.1, 0.15) is 15.9 Å². The van der Waals surface area contributed by atoms with E-state index in [0.717, 1.165) is 0 Å². The Labute approximate surface area is 80.9 Å². The number of benzene rings is 1.